The van der Waals surface area contributed by atoms with Crippen LogP contribution in [0, 0.1) is 0 Å². The largest absolute Gasteiger partial charge is 0.376 e. The first-order valence-corrected chi connectivity index (χ1v) is 5.77. The van der Waals surface area contributed by atoms with E-state index in [0.29, 0.717) is 0 Å². The van der Waals surface area contributed by atoms with E-state index in [1.165, 1.54) is 11.1 Å². The van der Waals surface area contributed by atoms with Crippen molar-refractivity contribution in [2.45, 2.75) is 6.54 Å². The van der Waals surface area contributed by atoms with E-state index in [1.54, 1.807) is 0 Å². The lowest BCUT2D eigenvalue weighted by atomic mass is 10.1. The van der Waals surface area contributed by atoms with Gasteiger partial charge in [0.25, 0.3) is 0 Å². The van der Waals surface area contributed by atoms with Gasteiger partial charge in [-0.2, -0.15) is 0 Å². The molecule has 2 nitrogen and oxygen atoms in total. The zero-order valence-corrected chi connectivity index (χ0v) is 9.80. The second-order valence-electron chi connectivity index (χ2n) is 4.34. The van der Waals surface area contributed by atoms with Gasteiger partial charge in [0.1, 0.15) is 0 Å². The highest BCUT2D eigenvalue weighted by Crippen LogP contribution is 2.22. The van der Waals surface area contributed by atoms with Crippen LogP contribution in [0.4, 0.5) is 0 Å². The first-order chi connectivity index (χ1) is 8.33. The summed E-state index contributed by atoms with van der Waals surface area (Å²) in [5.41, 5.74) is 4.58. The fourth-order valence-corrected chi connectivity index (χ4v) is 2.07. The third kappa shape index (κ3) is 1.94. The molecule has 0 bridgehead atoms. The van der Waals surface area contributed by atoms with Gasteiger partial charge in [-0.15, -0.1) is 0 Å². The molecule has 2 heteroatoms. The summed E-state index contributed by atoms with van der Waals surface area (Å²) in [4.78, 5) is 6.86. The van der Waals surface area contributed by atoms with Crippen molar-refractivity contribution >= 4 is 6.08 Å². The summed E-state index contributed by atoms with van der Waals surface area (Å²) in [7, 11) is 2.07. The molecule has 1 aromatic heterocycles. The molecule has 0 unspecified atom stereocenters. The Morgan fingerprint density at radius 1 is 1.06 bits per heavy atom. The van der Waals surface area contributed by atoms with E-state index in [1.807, 2.05) is 18.2 Å². The van der Waals surface area contributed by atoms with Crippen molar-refractivity contribution in [3.63, 3.8) is 0 Å². The molecular weight excluding hydrogens is 208 g/mol. The van der Waals surface area contributed by atoms with E-state index in [9.17, 15) is 0 Å². The molecule has 1 aliphatic heterocycles. The van der Waals surface area contributed by atoms with E-state index in [4.69, 9.17) is 4.98 Å². The lowest BCUT2D eigenvalue weighted by molar-refractivity contribution is 0.446. The van der Waals surface area contributed by atoms with Gasteiger partial charge in [-0.1, -0.05) is 36.4 Å². The van der Waals surface area contributed by atoms with Crippen molar-refractivity contribution in [2.75, 3.05) is 7.05 Å². The van der Waals surface area contributed by atoms with Gasteiger partial charge < -0.3 is 4.90 Å². The van der Waals surface area contributed by atoms with Crippen molar-refractivity contribution in [1.82, 2.24) is 9.88 Å². The number of fused-ring (bicyclic) bond motifs is 1. The first kappa shape index (κ1) is 10.1. The second kappa shape index (κ2) is 4.06. The quantitative estimate of drug-likeness (QED) is 0.736. The van der Waals surface area contributed by atoms with Crippen molar-refractivity contribution in [3.8, 4) is 11.3 Å². The Bertz CT molecular complexity index is 558. The average Bonchev–Trinajstić information content (AvgIpc) is 2.39. The molecule has 0 saturated heterocycles. The molecule has 0 spiro atoms. The van der Waals surface area contributed by atoms with Crippen LogP contribution in [0.5, 0.6) is 0 Å². The summed E-state index contributed by atoms with van der Waals surface area (Å²) in [6, 6.07) is 14.6. The number of nitrogens with zero attached hydrogens (tertiary/aromatic N) is 2. The predicted octanol–water partition coefficient (Wildman–Crippen LogP) is 3.16. The topological polar surface area (TPSA) is 16.1 Å². The molecule has 3 rings (SSSR count). The van der Waals surface area contributed by atoms with Crippen molar-refractivity contribution in [3.05, 3.63) is 59.9 Å². The average molecular weight is 222 g/mol. The minimum absolute atomic E-state index is 0.938. The van der Waals surface area contributed by atoms with Crippen LogP contribution in [0.15, 0.2) is 48.7 Å². The van der Waals surface area contributed by atoms with Gasteiger partial charge in [0.05, 0.1) is 11.4 Å². The van der Waals surface area contributed by atoms with E-state index in [0.717, 1.165) is 17.9 Å². The monoisotopic (exact) mass is 222 g/mol. The maximum absolute atomic E-state index is 4.70. The molecule has 2 heterocycles. The highest BCUT2D eigenvalue weighted by atomic mass is 15.1. The molecule has 0 aliphatic carbocycles. The smallest absolute Gasteiger partial charge is 0.0709 e. The van der Waals surface area contributed by atoms with E-state index < -0.39 is 0 Å². The van der Waals surface area contributed by atoms with Gasteiger partial charge in [-0.3, -0.25) is 0 Å². The van der Waals surface area contributed by atoms with Crippen LogP contribution in [0.25, 0.3) is 17.3 Å². The zero-order chi connectivity index (χ0) is 11.7. The zero-order valence-electron chi connectivity index (χ0n) is 9.80. The maximum atomic E-state index is 4.70. The lowest BCUT2D eigenvalue weighted by Gasteiger charge is -2.20. The van der Waals surface area contributed by atoms with Gasteiger partial charge >= 0.3 is 0 Å². The number of hydrogen-bond donors (Lipinski definition) is 0. The van der Waals surface area contributed by atoms with E-state index in [2.05, 4.69) is 48.5 Å². The number of pyridine rings is 1. The van der Waals surface area contributed by atoms with Gasteiger partial charge in [-0.25, -0.2) is 4.98 Å². The van der Waals surface area contributed by atoms with Crippen molar-refractivity contribution in [1.29, 1.82) is 0 Å². The third-order valence-electron chi connectivity index (χ3n) is 2.99. The van der Waals surface area contributed by atoms with Crippen LogP contribution in [-0.4, -0.2) is 16.9 Å². The minimum Gasteiger partial charge on any atom is -0.376 e. The number of hydrogen-bond acceptors (Lipinski definition) is 2. The highest BCUT2D eigenvalue weighted by Gasteiger charge is 2.09. The summed E-state index contributed by atoms with van der Waals surface area (Å²) in [5, 5.41) is 0. The van der Waals surface area contributed by atoms with Crippen molar-refractivity contribution in [2.24, 2.45) is 0 Å². The molecule has 1 aliphatic rings. The lowest BCUT2D eigenvalue weighted by Crippen LogP contribution is -2.15. The van der Waals surface area contributed by atoms with Gasteiger partial charge in [0, 0.05) is 25.4 Å². The van der Waals surface area contributed by atoms with E-state index in [-0.39, 0.29) is 0 Å². The maximum Gasteiger partial charge on any atom is 0.0709 e. The summed E-state index contributed by atoms with van der Waals surface area (Å²) in [5.74, 6) is 0. The van der Waals surface area contributed by atoms with Crippen LogP contribution in [0.2, 0.25) is 0 Å². The Kier molecular flexibility index (Phi) is 2.41. The molecule has 0 amide bonds. The Morgan fingerprint density at radius 2 is 1.88 bits per heavy atom. The standard InChI is InChI=1S/C15H14N2/c1-17-10-9-15-13(11-17)7-8-14(16-15)12-5-3-2-4-6-12/h2-10H,11H2,1H3. The Morgan fingerprint density at radius 3 is 2.71 bits per heavy atom. The Labute approximate surface area is 101 Å². The Balaban J connectivity index is 2.04. The SMILES string of the molecule is CN1C=Cc2nc(-c3ccccc3)ccc2C1. The third-order valence-corrected chi connectivity index (χ3v) is 2.99. The number of rotatable bonds is 1. The van der Waals surface area contributed by atoms with Crippen LogP contribution in [-0.2, 0) is 6.54 Å². The normalized spacial score (nSPS) is 13.6. The molecule has 0 saturated carbocycles. The highest BCUT2D eigenvalue weighted by molar-refractivity contribution is 5.63. The molecule has 2 aromatic rings. The molecule has 0 N–H and O–H groups in total. The van der Waals surface area contributed by atoms with Crippen LogP contribution in [0.1, 0.15) is 11.3 Å². The van der Waals surface area contributed by atoms with Gasteiger partial charge in [-0.05, 0) is 17.7 Å². The summed E-state index contributed by atoms with van der Waals surface area (Å²) < 4.78 is 0. The molecule has 0 radical (unpaired) electrons. The summed E-state index contributed by atoms with van der Waals surface area (Å²) in [6.45, 7) is 0.938. The molecule has 0 fully saturated rings. The summed E-state index contributed by atoms with van der Waals surface area (Å²) in [6.07, 6.45) is 4.15. The molecule has 84 valence electrons. The molecular formula is C15H14N2. The minimum atomic E-state index is 0.938. The van der Waals surface area contributed by atoms with Crippen LogP contribution < -0.4 is 0 Å². The fraction of sp³-hybridized carbons (Fsp3) is 0.133. The van der Waals surface area contributed by atoms with Crippen molar-refractivity contribution < 1.29 is 0 Å². The van der Waals surface area contributed by atoms with Crippen LogP contribution >= 0.6 is 0 Å². The van der Waals surface area contributed by atoms with E-state index >= 15 is 0 Å². The Hall–Kier alpha value is -2.09. The molecule has 17 heavy (non-hydrogen) atoms. The molecule has 0 atom stereocenters. The fourth-order valence-electron chi connectivity index (χ4n) is 2.07. The predicted molar refractivity (Wildman–Crippen MR) is 70.2 cm³/mol. The second-order valence-corrected chi connectivity index (χ2v) is 4.34. The first-order valence-electron chi connectivity index (χ1n) is 5.77. The number of benzene rings is 1. The molecule has 1 aromatic carbocycles. The van der Waals surface area contributed by atoms with Gasteiger partial charge in [0.15, 0.2) is 0 Å². The van der Waals surface area contributed by atoms with Crippen LogP contribution in [0.3, 0.4) is 0 Å². The van der Waals surface area contributed by atoms with Gasteiger partial charge in [0.2, 0.25) is 0 Å². The number of aromatic nitrogens is 1. The summed E-state index contributed by atoms with van der Waals surface area (Å²) >= 11 is 0.